The van der Waals surface area contributed by atoms with Crippen LogP contribution in [0.25, 0.3) is 0 Å². The average Bonchev–Trinajstić information content (AvgIpc) is 3.34. The Balaban J connectivity index is 1.24. The van der Waals surface area contributed by atoms with Gasteiger partial charge in [-0.1, -0.05) is 0 Å². The van der Waals surface area contributed by atoms with Gasteiger partial charge in [0.1, 0.15) is 6.10 Å². The molecule has 3 aliphatic heterocycles. The lowest BCUT2D eigenvalue weighted by Crippen LogP contribution is -2.40. The molecule has 1 amide bonds. The number of aryl methyl sites for hydroxylation is 1. The molecule has 0 bridgehead atoms. The Morgan fingerprint density at radius 3 is 2.92 bits per heavy atom. The number of nitrogens with one attached hydrogen (secondary N) is 1. The minimum Gasteiger partial charge on any atom is -0.363 e. The first kappa shape index (κ1) is 17.5. The molecule has 138 valence electrons. The fraction of sp³-hybridized carbons (Fsp3) is 0.737. The van der Waals surface area contributed by atoms with Crippen LogP contribution < -0.4 is 5.32 Å². The first-order valence-corrected chi connectivity index (χ1v) is 10.5. The van der Waals surface area contributed by atoms with E-state index in [1.165, 1.54) is 35.7 Å². The van der Waals surface area contributed by atoms with Gasteiger partial charge in [-0.15, -0.1) is 11.3 Å². The van der Waals surface area contributed by atoms with Crippen molar-refractivity contribution < 1.29 is 9.53 Å². The Morgan fingerprint density at radius 1 is 1.32 bits per heavy atom. The highest BCUT2D eigenvalue weighted by atomic mass is 32.1. The Kier molecular flexibility index (Phi) is 5.41. The van der Waals surface area contributed by atoms with Gasteiger partial charge < -0.3 is 15.0 Å². The molecule has 25 heavy (non-hydrogen) atoms. The highest BCUT2D eigenvalue weighted by Gasteiger charge is 2.45. The molecule has 4 rings (SSSR count). The fourth-order valence-electron chi connectivity index (χ4n) is 4.42. The molecule has 4 heterocycles. The Bertz CT molecular complexity index is 599. The van der Waals surface area contributed by atoms with E-state index in [1.807, 2.05) is 11.3 Å². The summed E-state index contributed by atoms with van der Waals surface area (Å²) >= 11 is 1.87. The molecule has 0 spiro atoms. The van der Waals surface area contributed by atoms with Crippen LogP contribution in [0.3, 0.4) is 0 Å². The van der Waals surface area contributed by atoms with Gasteiger partial charge in [0.05, 0.1) is 6.10 Å². The van der Waals surface area contributed by atoms with Crippen LogP contribution in [-0.4, -0.2) is 66.7 Å². The van der Waals surface area contributed by atoms with Gasteiger partial charge in [0.15, 0.2) is 0 Å². The molecule has 0 unspecified atom stereocenters. The van der Waals surface area contributed by atoms with Crippen LogP contribution in [-0.2, 0) is 16.1 Å². The van der Waals surface area contributed by atoms with Gasteiger partial charge in [0.25, 0.3) is 0 Å². The third-order valence-corrected chi connectivity index (χ3v) is 6.75. The molecular weight excluding hydrogens is 334 g/mol. The number of ether oxygens (including phenoxy) is 1. The molecule has 3 fully saturated rings. The topological polar surface area (TPSA) is 44.8 Å². The first-order chi connectivity index (χ1) is 12.2. The molecule has 0 saturated carbocycles. The second-order valence-electron chi connectivity index (χ2n) is 7.58. The van der Waals surface area contributed by atoms with Crippen molar-refractivity contribution in [2.24, 2.45) is 0 Å². The van der Waals surface area contributed by atoms with Crippen LogP contribution in [0.1, 0.15) is 35.4 Å². The third kappa shape index (κ3) is 4.08. The molecule has 0 aliphatic carbocycles. The lowest BCUT2D eigenvalue weighted by molar-refractivity contribution is -0.132. The van der Waals surface area contributed by atoms with Crippen LogP contribution in [0.4, 0.5) is 0 Å². The largest absolute Gasteiger partial charge is 0.363 e. The number of rotatable bonds is 6. The van der Waals surface area contributed by atoms with Gasteiger partial charge >= 0.3 is 0 Å². The zero-order valence-corrected chi connectivity index (χ0v) is 15.9. The minimum atomic E-state index is -0.263. The van der Waals surface area contributed by atoms with Crippen LogP contribution in [0.15, 0.2) is 12.1 Å². The van der Waals surface area contributed by atoms with E-state index in [9.17, 15) is 4.79 Å². The molecule has 3 saturated heterocycles. The monoisotopic (exact) mass is 363 g/mol. The highest BCUT2D eigenvalue weighted by molar-refractivity contribution is 7.11. The molecule has 1 aromatic rings. The van der Waals surface area contributed by atoms with Crippen molar-refractivity contribution in [2.75, 3.05) is 32.7 Å². The zero-order chi connectivity index (χ0) is 17.2. The van der Waals surface area contributed by atoms with Crippen molar-refractivity contribution in [3.05, 3.63) is 21.9 Å². The number of nitrogens with zero attached hydrogens (tertiary/aromatic N) is 2. The van der Waals surface area contributed by atoms with Crippen molar-refractivity contribution in [3.8, 4) is 0 Å². The number of fused-ring (bicyclic) bond motifs is 1. The van der Waals surface area contributed by atoms with Crippen molar-refractivity contribution >= 4 is 17.2 Å². The summed E-state index contributed by atoms with van der Waals surface area (Å²) in [5.74, 6) is 0.0838. The third-order valence-electron chi connectivity index (χ3n) is 5.77. The average molecular weight is 364 g/mol. The van der Waals surface area contributed by atoms with E-state index in [0.717, 1.165) is 39.0 Å². The van der Waals surface area contributed by atoms with Crippen molar-refractivity contribution in [3.63, 3.8) is 0 Å². The maximum Gasteiger partial charge on any atom is 0.249 e. The van der Waals surface area contributed by atoms with Gasteiger partial charge in [-0.2, -0.15) is 0 Å². The van der Waals surface area contributed by atoms with E-state index < -0.39 is 0 Å². The number of carbonyl (C=O) groups excluding carboxylic acids is 1. The quantitative estimate of drug-likeness (QED) is 0.840. The highest BCUT2D eigenvalue weighted by Crippen LogP contribution is 2.34. The fourth-order valence-corrected chi connectivity index (χ4v) is 5.34. The summed E-state index contributed by atoms with van der Waals surface area (Å²) in [5.41, 5.74) is 0. The van der Waals surface area contributed by atoms with Crippen molar-refractivity contribution in [2.45, 2.75) is 57.4 Å². The van der Waals surface area contributed by atoms with E-state index in [2.05, 4.69) is 34.2 Å². The maximum atomic E-state index is 12.4. The number of hydrogen-bond acceptors (Lipinski definition) is 5. The van der Waals surface area contributed by atoms with E-state index in [4.69, 9.17) is 4.74 Å². The predicted octanol–water partition coefficient (Wildman–Crippen LogP) is 2.00. The van der Waals surface area contributed by atoms with Gasteiger partial charge in [0.2, 0.25) is 5.91 Å². The predicted molar refractivity (Wildman–Crippen MR) is 99.8 cm³/mol. The summed E-state index contributed by atoms with van der Waals surface area (Å²) < 4.78 is 6.08. The van der Waals surface area contributed by atoms with Crippen LogP contribution >= 0.6 is 11.3 Å². The summed E-state index contributed by atoms with van der Waals surface area (Å²) in [6.45, 7) is 8.29. The number of thiophene rings is 1. The lowest BCUT2D eigenvalue weighted by Gasteiger charge is -2.22. The number of likely N-dealkylation sites (tertiary alicyclic amines) is 2. The van der Waals surface area contributed by atoms with Gasteiger partial charge in [-0.05, 0) is 51.4 Å². The van der Waals surface area contributed by atoms with E-state index in [0.29, 0.717) is 6.04 Å². The van der Waals surface area contributed by atoms with Crippen LogP contribution in [0.5, 0.6) is 0 Å². The molecule has 3 aliphatic rings. The molecule has 0 aromatic carbocycles. The van der Waals surface area contributed by atoms with Crippen molar-refractivity contribution in [1.29, 1.82) is 0 Å². The van der Waals surface area contributed by atoms with E-state index in [-0.39, 0.29) is 18.1 Å². The Hall–Kier alpha value is -0.950. The summed E-state index contributed by atoms with van der Waals surface area (Å²) in [7, 11) is 0. The molecular formula is C19H29N3O2S. The van der Waals surface area contributed by atoms with Crippen molar-refractivity contribution in [1.82, 2.24) is 15.1 Å². The normalized spacial score (nSPS) is 30.0. The summed E-state index contributed by atoms with van der Waals surface area (Å²) in [5, 5.41) is 3.09. The minimum absolute atomic E-state index is 0.0838. The maximum absolute atomic E-state index is 12.4. The molecule has 6 heteroatoms. The first-order valence-electron chi connectivity index (χ1n) is 9.64. The van der Waals surface area contributed by atoms with Gasteiger partial charge in [-0.25, -0.2) is 0 Å². The molecule has 3 atom stereocenters. The van der Waals surface area contributed by atoms with Gasteiger partial charge in [0, 0.05) is 48.4 Å². The Labute approximate surface area is 154 Å². The van der Waals surface area contributed by atoms with E-state index >= 15 is 0 Å². The molecule has 1 N–H and O–H groups in total. The number of hydrogen-bond donors (Lipinski definition) is 1. The van der Waals surface area contributed by atoms with Crippen LogP contribution in [0.2, 0.25) is 0 Å². The second kappa shape index (κ2) is 7.74. The molecule has 0 radical (unpaired) electrons. The van der Waals surface area contributed by atoms with Gasteiger partial charge in [-0.3, -0.25) is 9.69 Å². The summed E-state index contributed by atoms with van der Waals surface area (Å²) in [6.07, 6.45) is 4.44. The Morgan fingerprint density at radius 2 is 2.16 bits per heavy atom. The number of amides is 1. The summed E-state index contributed by atoms with van der Waals surface area (Å²) in [4.78, 5) is 20.2. The zero-order valence-electron chi connectivity index (χ0n) is 15.1. The second-order valence-corrected chi connectivity index (χ2v) is 8.95. The lowest BCUT2D eigenvalue weighted by atomic mass is 10.1. The SMILES string of the molecule is Cc1ccc(CN2CC[C@H]3O[C@H](C(=O)NCCN4CCCC4)C[C@H]32)s1. The molecule has 1 aromatic heterocycles. The van der Waals surface area contributed by atoms with Crippen LogP contribution in [0, 0.1) is 6.92 Å². The smallest absolute Gasteiger partial charge is 0.249 e. The number of carbonyl (C=O) groups is 1. The molecule has 5 nitrogen and oxygen atoms in total. The standard InChI is InChI=1S/C19H29N3O2S/c1-14-4-5-15(25-14)13-22-10-6-17-16(22)12-18(24-17)19(23)20-7-11-21-8-2-3-9-21/h4-5,16-18H,2-3,6-13H2,1H3,(H,20,23)/t16-,17-,18+/m1/s1. The van der Waals surface area contributed by atoms with E-state index in [1.54, 1.807) is 0 Å². The summed E-state index contributed by atoms with van der Waals surface area (Å²) in [6, 6.07) is 4.82.